The summed E-state index contributed by atoms with van der Waals surface area (Å²) >= 11 is 1.39. The Morgan fingerprint density at radius 2 is 1.70 bits per heavy atom. The number of rotatable bonds is 25. The number of nitrogens with one attached hydrogen (secondary N) is 4. The smallest absolute Gasteiger partial charge is 0.407 e. The summed E-state index contributed by atoms with van der Waals surface area (Å²) in [6, 6.07) is -0.851. The van der Waals surface area contributed by atoms with Crippen LogP contribution in [0.4, 0.5) is 4.79 Å². The Morgan fingerprint density at radius 1 is 1.00 bits per heavy atom. The van der Waals surface area contributed by atoms with Crippen LogP contribution >= 0.6 is 11.8 Å². The van der Waals surface area contributed by atoms with Gasteiger partial charge < -0.3 is 35.5 Å². The zero-order chi connectivity index (χ0) is 45.4. The molecule has 1 saturated heterocycles. The van der Waals surface area contributed by atoms with E-state index in [0.29, 0.717) is 64.6 Å². The van der Waals surface area contributed by atoms with E-state index in [4.69, 9.17) is 14.2 Å². The zero-order valence-electron chi connectivity index (χ0n) is 37.1. The first kappa shape index (κ1) is 52.0. The second-order valence-electron chi connectivity index (χ2n) is 16.0. The molecule has 4 N–H and O–H groups in total. The second-order valence-corrected chi connectivity index (χ2v) is 17.0. The van der Waals surface area contributed by atoms with Crippen molar-refractivity contribution in [3.8, 4) is 0 Å². The van der Waals surface area contributed by atoms with E-state index in [1.807, 2.05) is 72.1 Å². The number of carbonyl (C=O) groups excluding carboxylic acids is 7. The molecule has 15 nitrogen and oxygen atoms in total. The van der Waals surface area contributed by atoms with E-state index in [1.54, 1.807) is 24.3 Å². The van der Waals surface area contributed by atoms with Gasteiger partial charge in [-0.3, -0.25) is 28.9 Å². The highest BCUT2D eigenvalue weighted by Crippen LogP contribution is 2.24. The Kier molecular flexibility index (Phi) is 23.6. The van der Waals surface area contributed by atoms with Crippen LogP contribution in [0.2, 0.25) is 0 Å². The van der Waals surface area contributed by atoms with Crippen LogP contribution in [-0.4, -0.2) is 103 Å². The molecule has 0 bridgehead atoms. The molecule has 0 aromatic carbocycles. The predicted octanol–water partition coefficient (Wildman–Crippen LogP) is 5.70. The molecule has 16 heteroatoms. The largest absolute Gasteiger partial charge is 0.490 e. The number of thioether (sulfide) groups is 1. The van der Waals surface area contributed by atoms with Crippen molar-refractivity contribution >= 4 is 53.4 Å². The fourth-order valence-electron chi connectivity index (χ4n) is 6.35. The van der Waals surface area contributed by atoms with Gasteiger partial charge in [0.2, 0.25) is 29.5 Å². The maximum Gasteiger partial charge on any atom is 0.407 e. The molecular formula is C45H67N5O10S. The number of likely N-dealkylation sites (tertiary alicyclic amines) is 1. The summed E-state index contributed by atoms with van der Waals surface area (Å²) < 4.78 is 16.1. The first-order chi connectivity index (χ1) is 29.0. The molecule has 2 unspecified atom stereocenters. The monoisotopic (exact) mass is 869 g/mol. The van der Waals surface area contributed by atoms with E-state index in [0.717, 1.165) is 12.0 Å². The minimum atomic E-state index is -0.851. The summed E-state index contributed by atoms with van der Waals surface area (Å²) in [5.41, 5.74) is 0.316. The molecule has 2 rings (SSSR count). The third-order valence-electron chi connectivity index (χ3n) is 9.83. The molecule has 0 aromatic heterocycles. The number of nitrogens with zero attached hydrogens (tertiary/aromatic N) is 1. The second kappa shape index (κ2) is 27.7. The number of hydrogen-bond donors (Lipinski definition) is 4. The van der Waals surface area contributed by atoms with Crippen molar-refractivity contribution in [1.82, 2.24) is 26.2 Å². The van der Waals surface area contributed by atoms with Crippen LogP contribution in [0.1, 0.15) is 99.3 Å². The Hall–Kier alpha value is -5.12. The van der Waals surface area contributed by atoms with Gasteiger partial charge in [0.15, 0.2) is 5.76 Å². The first-order valence-corrected chi connectivity index (χ1v) is 22.2. The van der Waals surface area contributed by atoms with E-state index in [9.17, 15) is 33.6 Å². The van der Waals surface area contributed by atoms with Crippen LogP contribution in [0.3, 0.4) is 0 Å². The highest BCUT2D eigenvalue weighted by atomic mass is 32.2. The van der Waals surface area contributed by atoms with Gasteiger partial charge in [-0.15, -0.1) is 0 Å². The molecule has 5 atom stereocenters. The molecule has 2 aliphatic heterocycles. The Bertz CT molecular complexity index is 1700. The Morgan fingerprint density at radius 3 is 2.36 bits per heavy atom. The minimum absolute atomic E-state index is 0.0372. The van der Waals surface area contributed by atoms with E-state index < -0.39 is 41.4 Å². The van der Waals surface area contributed by atoms with Crippen molar-refractivity contribution < 1.29 is 47.8 Å². The molecule has 61 heavy (non-hydrogen) atoms. The van der Waals surface area contributed by atoms with Gasteiger partial charge in [0.1, 0.15) is 18.2 Å². The normalized spacial score (nSPS) is 19.0. The molecular weight excluding hydrogens is 803 g/mol. The molecule has 0 aromatic rings. The van der Waals surface area contributed by atoms with Gasteiger partial charge in [0.05, 0.1) is 12.4 Å². The van der Waals surface area contributed by atoms with Gasteiger partial charge in [-0.1, -0.05) is 82.2 Å². The van der Waals surface area contributed by atoms with Crippen molar-refractivity contribution in [2.24, 2.45) is 11.3 Å². The van der Waals surface area contributed by atoms with Gasteiger partial charge in [-0.25, -0.2) is 9.59 Å². The van der Waals surface area contributed by atoms with Crippen molar-refractivity contribution in [2.75, 3.05) is 33.0 Å². The van der Waals surface area contributed by atoms with Crippen molar-refractivity contribution in [1.29, 1.82) is 0 Å². The zero-order valence-corrected chi connectivity index (χ0v) is 37.9. The van der Waals surface area contributed by atoms with Crippen LogP contribution in [0, 0.1) is 11.3 Å². The van der Waals surface area contributed by atoms with Crippen LogP contribution in [0.25, 0.3) is 0 Å². The summed E-state index contributed by atoms with van der Waals surface area (Å²) in [6.45, 7) is 12.3. The summed E-state index contributed by atoms with van der Waals surface area (Å²) in [6.07, 6.45) is 22.0. The lowest BCUT2D eigenvalue weighted by Crippen LogP contribution is -2.52. The quantitative estimate of drug-likeness (QED) is 0.0219. The van der Waals surface area contributed by atoms with Crippen LogP contribution in [0.15, 0.2) is 72.2 Å². The average Bonchev–Trinajstić information content (AvgIpc) is 3.49. The number of cyclic esters (lactones) is 1. The minimum Gasteiger partial charge on any atom is -0.490 e. The Balaban J connectivity index is 1.72. The highest BCUT2D eigenvalue weighted by molar-refractivity contribution is 8.00. The number of esters is 1. The van der Waals surface area contributed by atoms with Crippen molar-refractivity contribution in [3.05, 3.63) is 72.2 Å². The first-order valence-electron chi connectivity index (χ1n) is 20.9. The van der Waals surface area contributed by atoms with Crippen LogP contribution in [0.5, 0.6) is 0 Å². The number of allylic oxidation sites excluding steroid dienone is 5. The maximum absolute atomic E-state index is 13.2. The SMILES string of the molecule is C/C=C\C[C@@H](C/C=C\NC(=O)C(NC(=O)\C=C/C=C\C(C)=C\[C@H](C)[C@@H]1CC=C(OC)C(=O)O1)C(C)(C)C)OC(=O)NCCCNC(=O)CCCCCN1C(=O)CC(SC)C1=O. The number of alkyl carbamates (subject to hydrolysis) is 1. The lowest BCUT2D eigenvalue weighted by Gasteiger charge is -2.29. The number of carbonyl (C=O) groups is 7. The number of ether oxygens (including phenoxy) is 3. The molecule has 0 radical (unpaired) electrons. The fourth-order valence-corrected chi connectivity index (χ4v) is 6.99. The van der Waals surface area contributed by atoms with E-state index in [1.165, 1.54) is 36.0 Å². The molecule has 6 amide bonds. The van der Waals surface area contributed by atoms with E-state index >= 15 is 0 Å². The van der Waals surface area contributed by atoms with Crippen LogP contribution in [-0.2, 0) is 43.0 Å². The van der Waals surface area contributed by atoms with Gasteiger partial charge in [0, 0.05) is 63.7 Å². The topological polar surface area (TPSA) is 199 Å². The fraction of sp³-hybridized carbons (Fsp3) is 0.578. The maximum atomic E-state index is 13.2. The molecule has 2 heterocycles. The third kappa shape index (κ3) is 19.9. The predicted molar refractivity (Wildman–Crippen MR) is 237 cm³/mol. The van der Waals surface area contributed by atoms with E-state index in [-0.39, 0.29) is 47.2 Å². The molecule has 0 spiro atoms. The van der Waals surface area contributed by atoms with E-state index in [2.05, 4.69) is 21.3 Å². The van der Waals surface area contributed by atoms with Gasteiger partial charge in [-0.2, -0.15) is 11.8 Å². The lowest BCUT2D eigenvalue weighted by molar-refractivity contribution is -0.151. The molecule has 0 aliphatic carbocycles. The number of unbranched alkanes of at least 4 members (excludes halogenated alkanes) is 2. The number of hydrogen-bond acceptors (Lipinski definition) is 11. The van der Waals surface area contributed by atoms with Gasteiger partial charge >= 0.3 is 12.1 Å². The summed E-state index contributed by atoms with van der Waals surface area (Å²) in [5.74, 6) is -1.50. The van der Waals surface area contributed by atoms with Gasteiger partial charge in [-0.05, 0) is 57.1 Å². The third-order valence-corrected chi connectivity index (χ3v) is 10.8. The summed E-state index contributed by atoms with van der Waals surface area (Å²) in [5, 5.41) is 10.8. The number of methoxy groups -OCH3 is 1. The van der Waals surface area contributed by atoms with Crippen molar-refractivity contribution in [2.45, 2.75) is 123 Å². The van der Waals surface area contributed by atoms with Crippen LogP contribution < -0.4 is 21.3 Å². The average molecular weight is 870 g/mol. The molecule has 338 valence electrons. The van der Waals surface area contributed by atoms with Gasteiger partial charge in [0.25, 0.3) is 0 Å². The number of amides is 6. The standard InChI is InChI=1S/C45H67N5O10S/c1-9-10-19-33(59-44(57)48-27-17-26-46-37(51)21-12-11-15-28-50-39(53)30-36(61-8)42(50)55)20-16-25-47-41(54)40(45(4,5)6)49-38(52)22-14-13-18-31(2)29-32(3)34-23-24-35(58-7)43(56)60-34/h9-10,13-14,16,18,22,24-25,29,32-34,36,40H,11-12,15,17,19-21,23,26-28,30H2,1-8H3,(H,46,51)(H,47,54)(H,48,57)(H,49,52)/b10-9-,18-13-,22-14-,25-16-,31-29+/t32-,33-,34-,36?,40?/m0/s1. The molecule has 0 saturated carbocycles. The molecule has 2 aliphatic rings. The number of imide groups is 1. The lowest BCUT2D eigenvalue weighted by atomic mass is 9.86. The Labute approximate surface area is 365 Å². The summed E-state index contributed by atoms with van der Waals surface area (Å²) in [7, 11) is 1.43. The van der Waals surface area contributed by atoms with Crippen molar-refractivity contribution in [3.63, 3.8) is 0 Å². The summed E-state index contributed by atoms with van der Waals surface area (Å²) in [4.78, 5) is 88.3. The molecule has 1 fully saturated rings. The highest BCUT2D eigenvalue weighted by Gasteiger charge is 2.37.